The van der Waals surface area contributed by atoms with Crippen molar-refractivity contribution in [1.29, 1.82) is 0 Å². The SMILES string of the molecule is CC/C=C\C/C=C\C/C=C\C/C=C\C/C=C\CCCCCCCCCCCCCCCCCC(=O)NC(CO)C(O)/C=C/CC/C=C/CCCCCCCCCCCCCCCC. The van der Waals surface area contributed by atoms with Gasteiger partial charge in [0.15, 0.2) is 0 Å². The van der Waals surface area contributed by atoms with Gasteiger partial charge in [-0.2, -0.15) is 0 Å². The second-order valence-electron chi connectivity index (χ2n) is 18.3. The molecule has 0 aliphatic heterocycles. The molecule has 3 N–H and O–H groups in total. The van der Waals surface area contributed by atoms with Crippen LogP contribution in [0.25, 0.3) is 0 Å². The van der Waals surface area contributed by atoms with Crippen molar-refractivity contribution in [3.63, 3.8) is 0 Å². The van der Waals surface area contributed by atoms with Gasteiger partial charge in [0.25, 0.3) is 0 Å². The average molecular weight is 876 g/mol. The van der Waals surface area contributed by atoms with Crippen LogP contribution in [0.1, 0.15) is 264 Å². The number of carbonyl (C=O) groups is 1. The minimum absolute atomic E-state index is 0.0748. The molecule has 1 amide bonds. The normalized spacial score (nSPS) is 13.5. The molecule has 364 valence electrons. The maximum Gasteiger partial charge on any atom is 0.220 e. The lowest BCUT2D eigenvalue weighted by Crippen LogP contribution is -2.45. The first-order valence-corrected chi connectivity index (χ1v) is 27.3. The molecule has 0 aromatic carbocycles. The van der Waals surface area contributed by atoms with Gasteiger partial charge in [0.2, 0.25) is 5.91 Å². The van der Waals surface area contributed by atoms with Crippen molar-refractivity contribution in [1.82, 2.24) is 5.32 Å². The van der Waals surface area contributed by atoms with Crippen LogP contribution in [0.3, 0.4) is 0 Å². The average Bonchev–Trinajstić information content (AvgIpc) is 3.29. The van der Waals surface area contributed by atoms with E-state index in [-0.39, 0.29) is 12.5 Å². The fraction of sp³-hybridized carbons (Fsp3) is 0.746. The van der Waals surface area contributed by atoms with Crippen LogP contribution in [0.4, 0.5) is 0 Å². The maximum atomic E-state index is 12.5. The first kappa shape index (κ1) is 60.6. The number of aliphatic hydroxyl groups is 2. The number of aliphatic hydroxyl groups excluding tert-OH is 2. The lowest BCUT2D eigenvalue weighted by atomic mass is 10.0. The van der Waals surface area contributed by atoms with Crippen LogP contribution in [-0.2, 0) is 4.79 Å². The highest BCUT2D eigenvalue weighted by atomic mass is 16.3. The van der Waals surface area contributed by atoms with Gasteiger partial charge in [0, 0.05) is 6.42 Å². The van der Waals surface area contributed by atoms with Gasteiger partial charge in [0.1, 0.15) is 0 Å². The van der Waals surface area contributed by atoms with Crippen LogP contribution in [0, 0.1) is 0 Å². The summed E-state index contributed by atoms with van der Waals surface area (Å²) >= 11 is 0. The van der Waals surface area contributed by atoms with Crippen LogP contribution in [0.2, 0.25) is 0 Å². The van der Waals surface area contributed by atoms with E-state index in [9.17, 15) is 15.0 Å². The van der Waals surface area contributed by atoms with Crippen molar-refractivity contribution in [2.75, 3.05) is 6.61 Å². The van der Waals surface area contributed by atoms with Gasteiger partial charge in [-0.25, -0.2) is 0 Å². The molecule has 0 heterocycles. The minimum atomic E-state index is -0.866. The molecule has 2 atom stereocenters. The van der Waals surface area contributed by atoms with E-state index in [1.54, 1.807) is 6.08 Å². The number of allylic oxidation sites excluding steroid dienone is 13. The molecular weight excluding hydrogens is 771 g/mol. The predicted molar refractivity (Wildman–Crippen MR) is 280 cm³/mol. The Morgan fingerprint density at radius 3 is 1.11 bits per heavy atom. The molecule has 0 spiro atoms. The third kappa shape index (κ3) is 50.4. The van der Waals surface area contributed by atoms with Crippen LogP contribution in [0.5, 0.6) is 0 Å². The molecule has 0 aliphatic rings. The molecule has 0 radical (unpaired) electrons. The van der Waals surface area contributed by atoms with Crippen molar-refractivity contribution in [2.45, 2.75) is 276 Å². The third-order valence-electron chi connectivity index (χ3n) is 12.1. The van der Waals surface area contributed by atoms with Crippen LogP contribution in [-0.4, -0.2) is 34.9 Å². The Morgan fingerprint density at radius 1 is 0.397 bits per heavy atom. The Kier molecular flexibility index (Phi) is 51.8. The molecule has 0 aliphatic carbocycles. The molecule has 0 aromatic heterocycles. The van der Waals surface area contributed by atoms with Gasteiger partial charge >= 0.3 is 0 Å². The van der Waals surface area contributed by atoms with E-state index in [2.05, 4.69) is 92.1 Å². The van der Waals surface area contributed by atoms with E-state index in [0.717, 1.165) is 64.2 Å². The van der Waals surface area contributed by atoms with E-state index < -0.39 is 12.1 Å². The Morgan fingerprint density at radius 2 is 0.714 bits per heavy atom. The number of carbonyl (C=O) groups excluding carboxylic acids is 1. The standard InChI is InChI=1S/C59H105NO3/c1-3-5-7-9-11-13-15-17-19-21-23-25-26-27-28-29-30-31-32-33-34-35-37-39-41-43-45-47-49-51-53-55-59(63)60-57(56-61)58(62)54-52-50-48-46-44-42-40-38-36-24-22-20-18-16-14-12-10-8-6-4-2/h5,7,11,13,17,19,23,25,27-28,44,46,52,54,57-58,61-62H,3-4,6,8-10,12,14-16,18,20-22,24,26,29-43,45,47-51,53,55-56H2,1-2H3,(H,60,63)/b7-5-,13-11-,19-17-,25-23-,28-27-,46-44+,54-52+. The maximum absolute atomic E-state index is 12.5. The monoisotopic (exact) mass is 876 g/mol. The van der Waals surface area contributed by atoms with Crippen molar-refractivity contribution in [3.05, 3.63) is 85.1 Å². The minimum Gasteiger partial charge on any atom is -0.394 e. The summed E-state index contributed by atoms with van der Waals surface area (Å²) in [5.74, 6) is -0.0748. The predicted octanol–water partition coefficient (Wildman–Crippen LogP) is 18.0. The number of unbranched alkanes of at least 4 members (excludes halogenated alkanes) is 30. The second kappa shape index (κ2) is 53.9. The van der Waals surface area contributed by atoms with Gasteiger partial charge in [0.05, 0.1) is 18.8 Å². The zero-order valence-electron chi connectivity index (χ0n) is 41.8. The van der Waals surface area contributed by atoms with Gasteiger partial charge in [-0.05, 0) is 77.0 Å². The fourth-order valence-electron chi connectivity index (χ4n) is 7.99. The van der Waals surface area contributed by atoms with E-state index in [0.29, 0.717) is 6.42 Å². The van der Waals surface area contributed by atoms with E-state index in [1.807, 2.05) is 6.08 Å². The number of nitrogens with one attached hydrogen (secondary N) is 1. The topological polar surface area (TPSA) is 69.6 Å². The van der Waals surface area contributed by atoms with Gasteiger partial charge in [-0.15, -0.1) is 0 Å². The molecular formula is C59H105NO3. The third-order valence-corrected chi connectivity index (χ3v) is 12.1. The summed E-state index contributed by atoms with van der Waals surface area (Å²) in [7, 11) is 0. The number of amides is 1. The molecule has 0 saturated heterocycles. The molecule has 0 bridgehead atoms. The summed E-state index contributed by atoms with van der Waals surface area (Å²) in [5.41, 5.74) is 0. The van der Waals surface area contributed by atoms with Crippen molar-refractivity contribution in [3.8, 4) is 0 Å². The number of rotatable bonds is 49. The lowest BCUT2D eigenvalue weighted by Gasteiger charge is -2.19. The Hall–Kier alpha value is -2.43. The second-order valence-corrected chi connectivity index (χ2v) is 18.3. The van der Waals surface area contributed by atoms with Gasteiger partial charge in [-0.1, -0.05) is 266 Å². The van der Waals surface area contributed by atoms with Crippen molar-refractivity contribution >= 4 is 5.91 Å². The van der Waals surface area contributed by atoms with Gasteiger partial charge in [-0.3, -0.25) is 4.79 Å². The number of hydrogen-bond donors (Lipinski definition) is 3. The summed E-state index contributed by atoms with van der Waals surface area (Å²) in [6, 6.07) is -0.643. The number of hydrogen-bond acceptors (Lipinski definition) is 3. The molecule has 0 aromatic rings. The zero-order valence-corrected chi connectivity index (χ0v) is 41.8. The highest BCUT2D eigenvalue weighted by Crippen LogP contribution is 2.16. The quantitative estimate of drug-likeness (QED) is 0.0421. The van der Waals surface area contributed by atoms with Gasteiger partial charge < -0.3 is 15.5 Å². The fourth-order valence-corrected chi connectivity index (χ4v) is 7.99. The highest BCUT2D eigenvalue weighted by Gasteiger charge is 2.17. The van der Waals surface area contributed by atoms with Crippen molar-refractivity contribution < 1.29 is 15.0 Å². The van der Waals surface area contributed by atoms with E-state index in [4.69, 9.17) is 0 Å². The Bertz CT molecular complexity index is 1130. The largest absolute Gasteiger partial charge is 0.394 e. The lowest BCUT2D eigenvalue weighted by molar-refractivity contribution is -0.123. The summed E-state index contributed by atoms with van der Waals surface area (Å²) in [6.45, 7) is 4.20. The zero-order chi connectivity index (χ0) is 45.6. The molecule has 0 fully saturated rings. The highest BCUT2D eigenvalue weighted by molar-refractivity contribution is 5.76. The molecule has 4 heteroatoms. The summed E-state index contributed by atoms with van der Waals surface area (Å²) in [6.07, 6.45) is 78.8. The Balaban J connectivity index is 3.55. The summed E-state index contributed by atoms with van der Waals surface area (Å²) in [4.78, 5) is 12.5. The van der Waals surface area contributed by atoms with Crippen LogP contribution in [0.15, 0.2) is 85.1 Å². The summed E-state index contributed by atoms with van der Waals surface area (Å²) in [5, 5.41) is 23.1. The van der Waals surface area contributed by atoms with E-state index >= 15 is 0 Å². The van der Waals surface area contributed by atoms with E-state index in [1.165, 1.54) is 180 Å². The smallest absolute Gasteiger partial charge is 0.220 e. The molecule has 63 heavy (non-hydrogen) atoms. The first-order valence-electron chi connectivity index (χ1n) is 27.3. The van der Waals surface area contributed by atoms with Crippen LogP contribution < -0.4 is 5.32 Å². The first-order chi connectivity index (χ1) is 31.2. The molecule has 0 saturated carbocycles. The molecule has 0 rings (SSSR count). The molecule has 4 nitrogen and oxygen atoms in total. The molecule has 2 unspecified atom stereocenters. The van der Waals surface area contributed by atoms with Crippen molar-refractivity contribution in [2.24, 2.45) is 0 Å². The summed E-state index contributed by atoms with van der Waals surface area (Å²) < 4.78 is 0. The Labute approximate surface area is 392 Å². The van der Waals surface area contributed by atoms with Crippen LogP contribution >= 0.6 is 0 Å².